The molecule has 0 saturated carbocycles. The summed E-state index contributed by atoms with van der Waals surface area (Å²) in [7, 11) is 0. The summed E-state index contributed by atoms with van der Waals surface area (Å²) in [6, 6.07) is 8.01. The van der Waals surface area contributed by atoms with E-state index in [0.29, 0.717) is 19.4 Å². The van der Waals surface area contributed by atoms with Gasteiger partial charge in [-0.15, -0.1) is 21.5 Å². The lowest BCUT2D eigenvalue weighted by molar-refractivity contribution is -0.141. The monoisotopic (exact) mass is 442 g/mol. The number of benzene rings is 1. The Bertz CT molecular complexity index is 1130. The van der Waals surface area contributed by atoms with Crippen molar-refractivity contribution in [3.8, 4) is 5.00 Å². The Morgan fingerprint density at radius 2 is 2.11 bits per heavy atom. The van der Waals surface area contributed by atoms with Crippen molar-refractivity contribution in [2.24, 2.45) is 10.9 Å². The molecule has 6 nitrogen and oxygen atoms in total. The zero-order chi connectivity index (χ0) is 18.7. The highest BCUT2D eigenvalue weighted by molar-refractivity contribution is 9.10. The van der Waals surface area contributed by atoms with Crippen molar-refractivity contribution in [1.82, 2.24) is 14.8 Å². The van der Waals surface area contributed by atoms with Gasteiger partial charge in [-0.25, -0.2) is 0 Å². The predicted octanol–water partition coefficient (Wildman–Crippen LogP) is 3.55. The van der Waals surface area contributed by atoms with E-state index in [9.17, 15) is 9.90 Å². The molecule has 8 heteroatoms. The summed E-state index contributed by atoms with van der Waals surface area (Å²) in [6.45, 7) is 2.38. The largest absolute Gasteiger partial charge is 0.481 e. The van der Waals surface area contributed by atoms with Crippen LogP contribution in [0.25, 0.3) is 5.00 Å². The molecule has 1 aliphatic heterocycles. The number of rotatable bonds is 2. The third kappa shape index (κ3) is 2.50. The molecule has 2 aliphatic rings. The lowest BCUT2D eigenvalue weighted by atomic mass is 9.98. The van der Waals surface area contributed by atoms with E-state index in [1.165, 1.54) is 0 Å². The lowest BCUT2D eigenvalue weighted by Gasteiger charge is -2.12. The molecule has 1 unspecified atom stereocenters. The van der Waals surface area contributed by atoms with Crippen LogP contribution in [0.4, 0.5) is 0 Å². The molecular weight excluding hydrogens is 428 g/mol. The molecule has 0 spiro atoms. The molecule has 1 atom stereocenters. The van der Waals surface area contributed by atoms with E-state index in [0.717, 1.165) is 48.4 Å². The first kappa shape index (κ1) is 16.8. The number of hydrogen-bond acceptors (Lipinski definition) is 5. The van der Waals surface area contributed by atoms with Gasteiger partial charge in [0.05, 0.1) is 11.6 Å². The summed E-state index contributed by atoms with van der Waals surface area (Å²) in [5.41, 5.74) is 4.05. The number of fused-ring (bicyclic) bond motifs is 5. The Morgan fingerprint density at radius 1 is 1.30 bits per heavy atom. The maximum absolute atomic E-state index is 11.6. The molecule has 1 aromatic carbocycles. The third-order valence-electron chi connectivity index (χ3n) is 5.14. The molecule has 0 saturated heterocycles. The van der Waals surface area contributed by atoms with Gasteiger partial charge in [0, 0.05) is 20.5 Å². The minimum atomic E-state index is -0.735. The van der Waals surface area contributed by atoms with E-state index in [1.54, 1.807) is 11.3 Å². The fraction of sp³-hybridized carbons (Fsp3) is 0.263. The predicted molar refractivity (Wildman–Crippen MR) is 106 cm³/mol. The number of aryl methyl sites for hydroxylation is 1. The molecule has 0 bridgehead atoms. The average Bonchev–Trinajstić information content (AvgIpc) is 3.27. The van der Waals surface area contributed by atoms with Crippen molar-refractivity contribution >= 4 is 38.9 Å². The first-order valence-corrected chi connectivity index (χ1v) is 10.2. The second kappa shape index (κ2) is 6.10. The van der Waals surface area contributed by atoms with Crippen LogP contribution in [-0.2, 0) is 24.2 Å². The molecule has 2 aromatic heterocycles. The van der Waals surface area contributed by atoms with Crippen molar-refractivity contribution in [2.75, 3.05) is 0 Å². The van der Waals surface area contributed by atoms with Crippen molar-refractivity contribution < 1.29 is 9.90 Å². The quantitative estimate of drug-likeness (QED) is 0.657. The molecule has 3 heterocycles. The van der Waals surface area contributed by atoms with Crippen LogP contribution in [-0.4, -0.2) is 31.6 Å². The number of nitrogens with zero attached hydrogens (tertiary/aromatic N) is 4. The Labute approximate surface area is 167 Å². The fourth-order valence-electron chi connectivity index (χ4n) is 3.87. The second-order valence-electron chi connectivity index (χ2n) is 6.77. The van der Waals surface area contributed by atoms with Gasteiger partial charge in [-0.1, -0.05) is 34.1 Å². The van der Waals surface area contributed by atoms with Gasteiger partial charge in [-0.05, 0) is 31.4 Å². The SMILES string of the molecule is Cc1nnc2n1-c1sc3c(c1C(c1ccccc1Br)=NC2)CC(C(=O)O)C3. The maximum Gasteiger partial charge on any atom is 0.307 e. The number of carboxylic acids is 1. The van der Waals surface area contributed by atoms with Gasteiger partial charge in [-0.3, -0.25) is 14.4 Å². The molecule has 0 amide bonds. The van der Waals surface area contributed by atoms with Gasteiger partial charge < -0.3 is 5.11 Å². The lowest BCUT2D eigenvalue weighted by Crippen LogP contribution is -2.15. The minimum Gasteiger partial charge on any atom is -0.481 e. The standard InChI is InChI=1S/C19H15BrN4O2S/c1-9-22-23-15-8-21-17(11-4-2-3-5-13(11)20)16-12-6-10(19(25)26)7-14(12)27-18(16)24(9)15/h2-5,10H,6-8H2,1H3,(H,25,26). The second-order valence-corrected chi connectivity index (χ2v) is 8.71. The van der Waals surface area contributed by atoms with Crippen LogP contribution >= 0.6 is 27.3 Å². The molecule has 3 aromatic rings. The van der Waals surface area contributed by atoms with Crippen LogP contribution in [0, 0.1) is 12.8 Å². The number of hydrogen-bond donors (Lipinski definition) is 1. The number of halogens is 1. The number of aliphatic carboxylic acids is 1. The maximum atomic E-state index is 11.6. The molecular formula is C19H15BrN4O2S. The zero-order valence-corrected chi connectivity index (χ0v) is 16.8. The Morgan fingerprint density at radius 3 is 2.89 bits per heavy atom. The molecule has 27 heavy (non-hydrogen) atoms. The summed E-state index contributed by atoms with van der Waals surface area (Å²) in [5.74, 6) is 0.540. The van der Waals surface area contributed by atoms with E-state index < -0.39 is 5.97 Å². The topological polar surface area (TPSA) is 80.4 Å². The highest BCUT2D eigenvalue weighted by Gasteiger charge is 2.36. The fourth-order valence-corrected chi connectivity index (χ4v) is 5.82. The third-order valence-corrected chi connectivity index (χ3v) is 7.07. The Balaban J connectivity index is 1.77. The van der Waals surface area contributed by atoms with Crippen molar-refractivity contribution in [3.63, 3.8) is 0 Å². The van der Waals surface area contributed by atoms with Crippen molar-refractivity contribution in [2.45, 2.75) is 26.3 Å². The van der Waals surface area contributed by atoms with Crippen molar-refractivity contribution in [3.05, 3.63) is 62.0 Å². The summed E-state index contributed by atoms with van der Waals surface area (Å²) >= 11 is 5.30. The number of carboxylic acid groups (broad SMARTS) is 1. The van der Waals surface area contributed by atoms with E-state index in [4.69, 9.17) is 4.99 Å². The van der Waals surface area contributed by atoms with Crippen LogP contribution in [0.2, 0.25) is 0 Å². The highest BCUT2D eigenvalue weighted by Crippen LogP contribution is 2.43. The molecule has 136 valence electrons. The van der Waals surface area contributed by atoms with E-state index in [1.807, 2.05) is 31.2 Å². The first-order chi connectivity index (χ1) is 13.0. The Kier molecular flexibility index (Phi) is 3.80. The summed E-state index contributed by atoms with van der Waals surface area (Å²) in [5, 5.41) is 19.1. The average molecular weight is 443 g/mol. The van der Waals surface area contributed by atoms with Crippen molar-refractivity contribution in [1.29, 1.82) is 0 Å². The summed E-state index contributed by atoms with van der Waals surface area (Å²) < 4.78 is 3.04. The summed E-state index contributed by atoms with van der Waals surface area (Å²) in [6.07, 6.45) is 1.11. The molecule has 5 rings (SSSR count). The molecule has 0 radical (unpaired) electrons. The highest BCUT2D eigenvalue weighted by atomic mass is 79.9. The van der Waals surface area contributed by atoms with Crippen LogP contribution in [0.3, 0.4) is 0 Å². The molecule has 1 aliphatic carbocycles. The zero-order valence-electron chi connectivity index (χ0n) is 14.4. The van der Waals surface area contributed by atoms with E-state index in [-0.39, 0.29) is 5.92 Å². The van der Waals surface area contributed by atoms with E-state index in [2.05, 4.69) is 30.7 Å². The minimum absolute atomic E-state index is 0.359. The van der Waals surface area contributed by atoms with Gasteiger partial charge in [0.2, 0.25) is 0 Å². The first-order valence-electron chi connectivity index (χ1n) is 8.63. The normalized spacial score (nSPS) is 17.7. The van der Waals surface area contributed by atoms with E-state index >= 15 is 0 Å². The molecule has 1 N–H and O–H groups in total. The number of thiophene rings is 1. The van der Waals surface area contributed by atoms with Gasteiger partial charge in [0.1, 0.15) is 17.4 Å². The number of carbonyl (C=O) groups is 1. The van der Waals surface area contributed by atoms with Crippen LogP contribution in [0.15, 0.2) is 33.7 Å². The summed E-state index contributed by atoms with van der Waals surface area (Å²) in [4.78, 5) is 17.6. The molecule has 0 fully saturated rings. The smallest absolute Gasteiger partial charge is 0.307 e. The van der Waals surface area contributed by atoms with Gasteiger partial charge in [0.25, 0.3) is 0 Å². The van der Waals surface area contributed by atoms with Gasteiger partial charge >= 0.3 is 5.97 Å². The Hall–Kier alpha value is -2.32. The van der Waals surface area contributed by atoms with Crippen LogP contribution < -0.4 is 0 Å². The van der Waals surface area contributed by atoms with Gasteiger partial charge in [0.15, 0.2) is 5.82 Å². The van der Waals surface area contributed by atoms with Crippen LogP contribution in [0.1, 0.15) is 33.2 Å². The number of aromatic nitrogens is 3. The van der Waals surface area contributed by atoms with Crippen LogP contribution in [0.5, 0.6) is 0 Å². The number of aliphatic imine (C=N–C) groups is 1. The van der Waals surface area contributed by atoms with Gasteiger partial charge in [-0.2, -0.15) is 0 Å².